The van der Waals surface area contributed by atoms with Crippen molar-refractivity contribution in [2.24, 2.45) is 7.05 Å². The van der Waals surface area contributed by atoms with Crippen LogP contribution in [-0.4, -0.2) is 16.4 Å². The molecule has 2 amide bonds. The monoisotopic (exact) mass is 361 g/mol. The largest absolute Gasteiger partial charge is 0.350 e. The summed E-state index contributed by atoms with van der Waals surface area (Å²) in [5.74, 6) is -0.887. The quantitative estimate of drug-likeness (QED) is 0.685. The minimum atomic E-state index is -0.484. The van der Waals surface area contributed by atoms with E-state index in [0.29, 0.717) is 16.1 Å². The molecular weight excluding hydrogens is 349 g/mol. The number of hydrazine groups is 1. The van der Waals surface area contributed by atoms with Crippen molar-refractivity contribution < 1.29 is 9.59 Å². The van der Waals surface area contributed by atoms with Crippen molar-refractivity contribution in [3.05, 3.63) is 69.8 Å². The van der Waals surface area contributed by atoms with Crippen LogP contribution in [0.4, 0.5) is 0 Å². The molecule has 0 saturated heterocycles. The first kappa shape index (κ1) is 16.4. The zero-order chi connectivity index (χ0) is 17.3. The number of aryl methyl sites for hydroxylation is 1. The Morgan fingerprint density at radius 2 is 1.67 bits per heavy atom. The number of nitrogens with zero attached hydrogens (tertiary/aromatic N) is 1. The van der Waals surface area contributed by atoms with Gasteiger partial charge in [0, 0.05) is 29.7 Å². The molecule has 0 spiro atoms. The maximum absolute atomic E-state index is 12.3. The Morgan fingerprint density at radius 3 is 2.42 bits per heavy atom. The SMILES string of the molecule is Cn1cc(C(=O)NNC(=O)c2ccc(Cl)c(Cl)c2)c2ccccc21. The van der Waals surface area contributed by atoms with Crippen LogP contribution in [-0.2, 0) is 7.05 Å². The van der Waals surface area contributed by atoms with Crippen LogP contribution in [0.15, 0.2) is 48.7 Å². The average molecular weight is 362 g/mol. The van der Waals surface area contributed by atoms with Gasteiger partial charge in [-0.3, -0.25) is 20.4 Å². The summed E-state index contributed by atoms with van der Waals surface area (Å²) >= 11 is 11.7. The van der Waals surface area contributed by atoms with Crippen LogP contribution in [0, 0.1) is 0 Å². The minimum Gasteiger partial charge on any atom is -0.350 e. The molecule has 1 heterocycles. The average Bonchev–Trinajstić information content (AvgIpc) is 2.92. The Kier molecular flexibility index (Phi) is 4.46. The number of nitrogens with one attached hydrogen (secondary N) is 2. The molecule has 5 nitrogen and oxygen atoms in total. The van der Waals surface area contributed by atoms with Crippen LogP contribution in [0.2, 0.25) is 10.0 Å². The third-order valence-corrected chi connectivity index (χ3v) is 4.35. The van der Waals surface area contributed by atoms with Gasteiger partial charge in [0.05, 0.1) is 15.6 Å². The topological polar surface area (TPSA) is 63.1 Å². The molecule has 3 rings (SSSR count). The van der Waals surface area contributed by atoms with Crippen molar-refractivity contribution in [3.8, 4) is 0 Å². The molecule has 0 unspecified atom stereocenters. The van der Waals surface area contributed by atoms with Gasteiger partial charge in [0.15, 0.2) is 0 Å². The number of carbonyl (C=O) groups is 2. The molecule has 1 aromatic heterocycles. The highest BCUT2D eigenvalue weighted by atomic mass is 35.5. The first-order valence-corrected chi connectivity index (χ1v) is 7.83. The first-order valence-electron chi connectivity index (χ1n) is 7.07. The summed E-state index contributed by atoms with van der Waals surface area (Å²) in [7, 11) is 1.85. The number of amides is 2. The number of carbonyl (C=O) groups excluding carboxylic acids is 2. The van der Waals surface area contributed by atoms with Crippen LogP contribution in [0.25, 0.3) is 10.9 Å². The van der Waals surface area contributed by atoms with Gasteiger partial charge < -0.3 is 4.57 Å². The standard InChI is InChI=1S/C17H13Cl2N3O2/c1-22-9-12(11-4-2-3-5-15(11)22)17(24)21-20-16(23)10-6-7-13(18)14(19)8-10/h2-9H,1H3,(H,20,23)(H,21,24). The summed E-state index contributed by atoms with van der Waals surface area (Å²) in [6.45, 7) is 0. The van der Waals surface area contributed by atoms with Gasteiger partial charge in [0.1, 0.15) is 0 Å². The fourth-order valence-corrected chi connectivity index (χ4v) is 2.71. The molecule has 0 atom stereocenters. The Hall–Kier alpha value is -2.50. The molecule has 0 saturated carbocycles. The third-order valence-electron chi connectivity index (χ3n) is 3.61. The molecule has 0 fully saturated rings. The number of hydrogen-bond donors (Lipinski definition) is 2. The van der Waals surface area contributed by atoms with E-state index in [0.717, 1.165) is 10.9 Å². The van der Waals surface area contributed by atoms with Crippen LogP contribution in [0.1, 0.15) is 20.7 Å². The van der Waals surface area contributed by atoms with E-state index in [1.165, 1.54) is 18.2 Å². The second-order valence-corrected chi connectivity index (χ2v) is 6.02. The van der Waals surface area contributed by atoms with Crippen LogP contribution in [0.5, 0.6) is 0 Å². The minimum absolute atomic E-state index is 0.268. The molecule has 122 valence electrons. The molecule has 7 heteroatoms. The van der Waals surface area contributed by atoms with Gasteiger partial charge in [-0.15, -0.1) is 0 Å². The molecule has 0 aliphatic rings. The molecule has 3 aromatic rings. The second-order valence-electron chi connectivity index (χ2n) is 5.21. The van der Waals surface area contributed by atoms with E-state index in [9.17, 15) is 9.59 Å². The van der Waals surface area contributed by atoms with Crippen LogP contribution < -0.4 is 10.9 Å². The fraction of sp³-hybridized carbons (Fsp3) is 0.0588. The molecule has 0 radical (unpaired) electrons. The highest BCUT2D eigenvalue weighted by molar-refractivity contribution is 6.42. The highest BCUT2D eigenvalue weighted by Gasteiger charge is 2.15. The summed E-state index contributed by atoms with van der Waals surface area (Å²) < 4.78 is 1.85. The lowest BCUT2D eigenvalue weighted by Gasteiger charge is -2.07. The fourth-order valence-electron chi connectivity index (χ4n) is 2.41. The number of aromatic nitrogens is 1. The molecule has 0 aliphatic carbocycles. The van der Waals surface area contributed by atoms with Gasteiger partial charge in [-0.2, -0.15) is 0 Å². The van der Waals surface area contributed by atoms with E-state index < -0.39 is 11.8 Å². The first-order chi connectivity index (χ1) is 11.5. The number of fused-ring (bicyclic) bond motifs is 1. The van der Waals surface area contributed by atoms with E-state index in [-0.39, 0.29) is 5.02 Å². The summed E-state index contributed by atoms with van der Waals surface area (Å²) in [5, 5.41) is 1.43. The number of halogens is 2. The number of hydrogen-bond acceptors (Lipinski definition) is 2. The molecular formula is C17H13Cl2N3O2. The van der Waals surface area contributed by atoms with E-state index in [1.807, 2.05) is 35.9 Å². The van der Waals surface area contributed by atoms with Crippen molar-refractivity contribution in [1.82, 2.24) is 15.4 Å². The Balaban J connectivity index is 1.75. The van der Waals surface area contributed by atoms with Crippen LogP contribution in [0.3, 0.4) is 0 Å². The predicted molar refractivity (Wildman–Crippen MR) is 94.3 cm³/mol. The van der Waals surface area contributed by atoms with Crippen LogP contribution >= 0.6 is 23.2 Å². The Labute approximate surface area is 148 Å². The summed E-state index contributed by atoms with van der Waals surface area (Å²) in [4.78, 5) is 24.4. The molecule has 24 heavy (non-hydrogen) atoms. The predicted octanol–water partition coefficient (Wildman–Crippen LogP) is 3.56. The van der Waals surface area contributed by atoms with Gasteiger partial charge in [0.2, 0.25) is 0 Å². The lowest BCUT2D eigenvalue weighted by Crippen LogP contribution is -2.41. The normalized spacial score (nSPS) is 10.6. The molecule has 2 N–H and O–H groups in total. The lowest BCUT2D eigenvalue weighted by atomic mass is 10.2. The van der Waals surface area contributed by atoms with Gasteiger partial charge in [-0.05, 0) is 24.3 Å². The maximum Gasteiger partial charge on any atom is 0.271 e. The van der Waals surface area contributed by atoms with Crippen molar-refractivity contribution in [2.45, 2.75) is 0 Å². The highest BCUT2D eigenvalue weighted by Crippen LogP contribution is 2.22. The second kappa shape index (κ2) is 6.55. The van der Waals surface area contributed by atoms with Gasteiger partial charge in [0.25, 0.3) is 11.8 Å². The van der Waals surface area contributed by atoms with Crippen molar-refractivity contribution >= 4 is 45.9 Å². The van der Waals surface area contributed by atoms with Gasteiger partial charge >= 0.3 is 0 Å². The lowest BCUT2D eigenvalue weighted by molar-refractivity contribution is 0.0847. The third kappa shape index (κ3) is 3.09. The number of rotatable bonds is 2. The van der Waals surface area contributed by atoms with Crippen molar-refractivity contribution in [3.63, 3.8) is 0 Å². The Morgan fingerprint density at radius 1 is 0.958 bits per heavy atom. The van der Waals surface area contributed by atoms with E-state index >= 15 is 0 Å². The Bertz CT molecular complexity index is 950. The summed E-state index contributed by atoms with van der Waals surface area (Å²) in [5.41, 5.74) is 6.48. The summed E-state index contributed by atoms with van der Waals surface area (Å²) in [6, 6.07) is 12.0. The molecule has 0 aliphatic heterocycles. The van der Waals surface area contributed by atoms with Crippen molar-refractivity contribution in [2.75, 3.05) is 0 Å². The van der Waals surface area contributed by atoms with Gasteiger partial charge in [-0.25, -0.2) is 0 Å². The zero-order valence-corrected chi connectivity index (χ0v) is 14.2. The zero-order valence-electron chi connectivity index (χ0n) is 12.6. The maximum atomic E-state index is 12.3. The number of benzene rings is 2. The number of para-hydroxylation sites is 1. The van der Waals surface area contributed by atoms with E-state index in [4.69, 9.17) is 23.2 Å². The van der Waals surface area contributed by atoms with E-state index in [2.05, 4.69) is 10.9 Å². The van der Waals surface area contributed by atoms with Crippen molar-refractivity contribution in [1.29, 1.82) is 0 Å². The van der Waals surface area contributed by atoms with Gasteiger partial charge in [-0.1, -0.05) is 41.4 Å². The smallest absolute Gasteiger partial charge is 0.271 e. The van der Waals surface area contributed by atoms with E-state index in [1.54, 1.807) is 6.20 Å². The summed E-state index contributed by atoms with van der Waals surface area (Å²) in [6.07, 6.45) is 1.71. The molecule has 2 aromatic carbocycles. The molecule has 0 bridgehead atoms.